The molecule has 0 aliphatic carbocycles. The minimum absolute atomic E-state index is 0.678. The molecule has 0 N–H and O–H groups in total. The van der Waals surface area contributed by atoms with Crippen LogP contribution in [0.5, 0.6) is 0 Å². The van der Waals surface area contributed by atoms with Crippen LogP contribution in [0, 0.1) is 6.92 Å². The number of hydrogen-bond acceptors (Lipinski definition) is 2. The minimum Gasteiger partial charge on any atom is -0.456 e. The number of fused-ring (bicyclic) bond motifs is 3. The standard InChI is InChI=1S/C25H18ClNO/c1-17-6-5-9-20(14-17)27(19-7-3-2-4-8-19)21-11-13-24-23(16-21)22-12-10-18(26)15-25(22)28-24/h2-16H,1H3. The third kappa shape index (κ3) is 2.92. The Morgan fingerprint density at radius 3 is 2.25 bits per heavy atom. The largest absolute Gasteiger partial charge is 0.456 e. The number of furan rings is 1. The second-order valence-corrected chi connectivity index (χ2v) is 7.37. The smallest absolute Gasteiger partial charge is 0.136 e. The number of anilines is 3. The van der Waals surface area contributed by atoms with Crippen LogP contribution in [0.15, 0.2) is 95.4 Å². The Balaban J connectivity index is 1.74. The molecule has 0 spiro atoms. The van der Waals surface area contributed by atoms with Crippen molar-refractivity contribution in [3.8, 4) is 0 Å². The van der Waals surface area contributed by atoms with Gasteiger partial charge in [0.25, 0.3) is 0 Å². The molecule has 0 atom stereocenters. The molecule has 0 radical (unpaired) electrons. The fraction of sp³-hybridized carbons (Fsp3) is 0.0400. The molecule has 28 heavy (non-hydrogen) atoms. The zero-order valence-corrected chi connectivity index (χ0v) is 16.1. The third-order valence-corrected chi connectivity index (χ3v) is 5.18. The van der Waals surface area contributed by atoms with E-state index in [4.69, 9.17) is 16.0 Å². The Hall–Kier alpha value is -3.23. The Morgan fingerprint density at radius 2 is 1.43 bits per heavy atom. The third-order valence-electron chi connectivity index (χ3n) is 4.95. The van der Waals surface area contributed by atoms with E-state index < -0.39 is 0 Å². The van der Waals surface area contributed by atoms with Crippen molar-refractivity contribution in [2.75, 3.05) is 4.90 Å². The zero-order valence-electron chi connectivity index (χ0n) is 15.4. The van der Waals surface area contributed by atoms with Crippen molar-refractivity contribution in [1.29, 1.82) is 0 Å². The fourth-order valence-electron chi connectivity index (χ4n) is 3.67. The van der Waals surface area contributed by atoms with Gasteiger partial charge in [0.15, 0.2) is 0 Å². The lowest BCUT2D eigenvalue weighted by molar-refractivity contribution is 0.669. The van der Waals surface area contributed by atoms with Crippen molar-refractivity contribution in [2.24, 2.45) is 0 Å². The lowest BCUT2D eigenvalue weighted by Crippen LogP contribution is -2.09. The van der Waals surface area contributed by atoms with E-state index in [1.807, 2.05) is 30.3 Å². The molecular weight excluding hydrogens is 366 g/mol. The van der Waals surface area contributed by atoms with E-state index >= 15 is 0 Å². The monoisotopic (exact) mass is 383 g/mol. The molecule has 0 aliphatic heterocycles. The van der Waals surface area contributed by atoms with Crippen LogP contribution in [-0.4, -0.2) is 0 Å². The lowest BCUT2D eigenvalue weighted by atomic mass is 10.1. The van der Waals surface area contributed by atoms with E-state index in [0.717, 1.165) is 39.0 Å². The maximum atomic E-state index is 6.13. The molecule has 0 saturated carbocycles. The van der Waals surface area contributed by atoms with Gasteiger partial charge in [-0.2, -0.15) is 0 Å². The van der Waals surface area contributed by atoms with Crippen molar-refractivity contribution in [1.82, 2.24) is 0 Å². The van der Waals surface area contributed by atoms with E-state index in [2.05, 4.69) is 72.5 Å². The molecule has 0 fully saturated rings. The van der Waals surface area contributed by atoms with E-state index in [1.54, 1.807) is 0 Å². The van der Waals surface area contributed by atoms with Gasteiger partial charge in [-0.1, -0.05) is 41.9 Å². The number of rotatable bonds is 3. The average molecular weight is 384 g/mol. The van der Waals surface area contributed by atoms with Gasteiger partial charge in [0.1, 0.15) is 11.2 Å². The summed E-state index contributed by atoms with van der Waals surface area (Å²) in [6.45, 7) is 2.11. The summed E-state index contributed by atoms with van der Waals surface area (Å²) < 4.78 is 6.00. The van der Waals surface area contributed by atoms with Gasteiger partial charge in [0.05, 0.1) is 0 Å². The van der Waals surface area contributed by atoms with Crippen LogP contribution in [0.2, 0.25) is 5.02 Å². The average Bonchev–Trinajstić information content (AvgIpc) is 3.06. The topological polar surface area (TPSA) is 16.4 Å². The SMILES string of the molecule is Cc1cccc(N(c2ccccc2)c2ccc3oc4cc(Cl)ccc4c3c2)c1. The summed E-state index contributed by atoms with van der Waals surface area (Å²) in [4.78, 5) is 2.27. The van der Waals surface area contributed by atoms with E-state index in [9.17, 15) is 0 Å². The van der Waals surface area contributed by atoms with Gasteiger partial charge in [-0.15, -0.1) is 0 Å². The Bertz CT molecular complexity index is 1290. The van der Waals surface area contributed by atoms with Crippen LogP contribution in [0.3, 0.4) is 0 Å². The summed E-state index contributed by atoms with van der Waals surface area (Å²) in [5, 5.41) is 2.83. The quantitative estimate of drug-likeness (QED) is 0.313. The van der Waals surface area contributed by atoms with Crippen LogP contribution < -0.4 is 4.90 Å². The zero-order chi connectivity index (χ0) is 19.1. The Kier molecular flexibility index (Phi) is 4.07. The first-order valence-electron chi connectivity index (χ1n) is 9.23. The van der Waals surface area contributed by atoms with Crippen molar-refractivity contribution >= 4 is 50.6 Å². The summed E-state index contributed by atoms with van der Waals surface area (Å²) >= 11 is 6.13. The molecule has 0 bridgehead atoms. The maximum Gasteiger partial charge on any atom is 0.136 e. The molecule has 136 valence electrons. The van der Waals surface area contributed by atoms with Crippen molar-refractivity contribution in [3.63, 3.8) is 0 Å². The molecule has 0 saturated heterocycles. The first-order valence-corrected chi connectivity index (χ1v) is 9.60. The molecule has 0 aliphatic rings. The molecule has 1 aromatic heterocycles. The Labute approximate surface area is 168 Å². The first-order chi connectivity index (χ1) is 13.7. The number of halogens is 1. The predicted molar refractivity (Wildman–Crippen MR) is 118 cm³/mol. The fourth-order valence-corrected chi connectivity index (χ4v) is 3.83. The maximum absolute atomic E-state index is 6.13. The molecule has 0 unspecified atom stereocenters. The van der Waals surface area contributed by atoms with Gasteiger partial charge in [0.2, 0.25) is 0 Å². The van der Waals surface area contributed by atoms with Crippen LogP contribution in [0.1, 0.15) is 5.56 Å². The molecule has 2 nitrogen and oxygen atoms in total. The van der Waals surface area contributed by atoms with Crippen LogP contribution in [0.25, 0.3) is 21.9 Å². The normalized spacial score (nSPS) is 11.2. The second-order valence-electron chi connectivity index (χ2n) is 6.93. The second kappa shape index (κ2) is 6.74. The minimum atomic E-state index is 0.678. The lowest BCUT2D eigenvalue weighted by Gasteiger charge is -2.25. The summed E-state index contributed by atoms with van der Waals surface area (Å²) in [6, 6.07) is 31.1. The highest BCUT2D eigenvalue weighted by Crippen LogP contribution is 2.38. The van der Waals surface area contributed by atoms with Crippen molar-refractivity contribution in [3.05, 3.63) is 102 Å². The molecule has 4 aromatic carbocycles. The summed E-state index contributed by atoms with van der Waals surface area (Å²) in [5.74, 6) is 0. The van der Waals surface area contributed by atoms with Gasteiger partial charge < -0.3 is 9.32 Å². The van der Waals surface area contributed by atoms with Crippen LogP contribution in [-0.2, 0) is 0 Å². The molecule has 0 amide bonds. The first kappa shape index (κ1) is 16.9. The molecular formula is C25H18ClNO. The summed E-state index contributed by atoms with van der Waals surface area (Å²) in [6.07, 6.45) is 0. The molecule has 5 rings (SSSR count). The van der Waals surface area contributed by atoms with E-state index in [0.29, 0.717) is 5.02 Å². The predicted octanol–water partition coefficient (Wildman–Crippen LogP) is 8.02. The molecule has 5 aromatic rings. The highest BCUT2D eigenvalue weighted by atomic mass is 35.5. The van der Waals surface area contributed by atoms with Crippen LogP contribution >= 0.6 is 11.6 Å². The van der Waals surface area contributed by atoms with E-state index in [1.165, 1.54) is 5.56 Å². The summed E-state index contributed by atoms with van der Waals surface area (Å²) in [7, 11) is 0. The van der Waals surface area contributed by atoms with Gasteiger partial charge >= 0.3 is 0 Å². The number of para-hydroxylation sites is 1. The highest BCUT2D eigenvalue weighted by Gasteiger charge is 2.15. The van der Waals surface area contributed by atoms with Gasteiger partial charge in [-0.3, -0.25) is 0 Å². The number of nitrogens with zero attached hydrogens (tertiary/aromatic N) is 1. The number of benzene rings is 4. The van der Waals surface area contributed by atoms with E-state index in [-0.39, 0.29) is 0 Å². The van der Waals surface area contributed by atoms with Crippen molar-refractivity contribution in [2.45, 2.75) is 6.92 Å². The molecule has 1 heterocycles. The highest BCUT2D eigenvalue weighted by molar-refractivity contribution is 6.31. The van der Waals surface area contributed by atoms with Crippen LogP contribution in [0.4, 0.5) is 17.1 Å². The van der Waals surface area contributed by atoms with Gasteiger partial charge in [-0.05, 0) is 67.1 Å². The summed E-state index contributed by atoms with van der Waals surface area (Å²) in [5.41, 5.74) is 6.22. The van der Waals surface area contributed by atoms with Crippen molar-refractivity contribution < 1.29 is 4.42 Å². The number of hydrogen-bond donors (Lipinski definition) is 0. The number of aryl methyl sites for hydroxylation is 1. The Morgan fingerprint density at radius 1 is 0.643 bits per heavy atom. The molecule has 3 heteroatoms. The van der Waals surface area contributed by atoms with Gasteiger partial charge in [-0.25, -0.2) is 0 Å². The van der Waals surface area contributed by atoms with Gasteiger partial charge in [0, 0.05) is 38.9 Å².